The molecule has 1 nitrogen and oxygen atoms in total. The number of rotatable bonds is 9. The minimum absolute atomic E-state index is 0.861. The van der Waals surface area contributed by atoms with Crippen LogP contribution in [0.2, 0.25) is 0 Å². The molecule has 0 amide bonds. The molecule has 0 radical (unpaired) electrons. The summed E-state index contributed by atoms with van der Waals surface area (Å²) in [7, 11) is 0. The Kier molecular flexibility index (Phi) is 10.0. The summed E-state index contributed by atoms with van der Waals surface area (Å²) in [5.41, 5.74) is 5.47. The molecular formula is C12H27N. The van der Waals surface area contributed by atoms with Gasteiger partial charge >= 0.3 is 0 Å². The third-order valence-corrected chi connectivity index (χ3v) is 2.70. The molecule has 0 saturated heterocycles. The third kappa shape index (κ3) is 9.88. The SMILES string of the molecule is CCCCCCCC(C)CCCN. The van der Waals surface area contributed by atoms with E-state index in [9.17, 15) is 0 Å². The second-order valence-electron chi connectivity index (χ2n) is 4.24. The van der Waals surface area contributed by atoms with Crippen LogP contribution >= 0.6 is 0 Å². The van der Waals surface area contributed by atoms with Crippen LogP contribution in [0.1, 0.15) is 65.2 Å². The molecule has 0 heterocycles. The molecule has 0 saturated carbocycles. The molecule has 0 aliphatic heterocycles. The van der Waals surface area contributed by atoms with Gasteiger partial charge in [0.25, 0.3) is 0 Å². The van der Waals surface area contributed by atoms with Gasteiger partial charge in [0.1, 0.15) is 0 Å². The zero-order chi connectivity index (χ0) is 9.94. The van der Waals surface area contributed by atoms with E-state index in [1.54, 1.807) is 0 Å². The van der Waals surface area contributed by atoms with Gasteiger partial charge in [-0.2, -0.15) is 0 Å². The highest BCUT2D eigenvalue weighted by Crippen LogP contribution is 2.15. The fourth-order valence-corrected chi connectivity index (χ4v) is 1.71. The standard InChI is InChI=1S/C12H27N/c1-3-4-5-6-7-9-12(2)10-8-11-13/h12H,3-11,13H2,1-2H3. The molecule has 0 aliphatic carbocycles. The zero-order valence-corrected chi connectivity index (χ0v) is 9.52. The fraction of sp³-hybridized carbons (Fsp3) is 1.00. The van der Waals surface area contributed by atoms with Crippen molar-refractivity contribution in [1.82, 2.24) is 0 Å². The molecule has 0 bridgehead atoms. The van der Waals surface area contributed by atoms with Gasteiger partial charge in [0.15, 0.2) is 0 Å². The summed E-state index contributed by atoms with van der Waals surface area (Å²) in [5, 5.41) is 0. The van der Waals surface area contributed by atoms with Crippen LogP contribution < -0.4 is 5.73 Å². The Labute approximate surface area is 84.1 Å². The first-order valence-corrected chi connectivity index (χ1v) is 6.01. The summed E-state index contributed by atoms with van der Waals surface area (Å²) in [6.45, 7) is 5.49. The van der Waals surface area contributed by atoms with Crippen molar-refractivity contribution in [1.29, 1.82) is 0 Å². The topological polar surface area (TPSA) is 26.0 Å². The molecular weight excluding hydrogens is 158 g/mol. The lowest BCUT2D eigenvalue weighted by Gasteiger charge is -2.09. The second kappa shape index (κ2) is 10.0. The minimum Gasteiger partial charge on any atom is -0.330 e. The number of unbranched alkanes of at least 4 members (excludes halogenated alkanes) is 4. The van der Waals surface area contributed by atoms with Crippen LogP contribution in [-0.4, -0.2) is 6.54 Å². The van der Waals surface area contributed by atoms with Crippen molar-refractivity contribution in [3.05, 3.63) is 0 Å². The van der Waals surface area contributed by atoms with Gasteiger partial charge < -0.3 is 5.73 Å². The van der Waals surface area contributed by atoms with Crippen molar-refractivity contribution in [2.24, 2.45) is 11.7 Å². The van der Waals surface area contributed by atoms with E-state index in [0.717, 1.165) is 12.5 Å². The van der Waals surface area contributed by atoms with Gasteiger partial charge in [-0.05, 0) is 25.3 Å². The summed E-state index contributed by atoms with van der Waals surface area (Å²) in [6, 6.07) is 0. The first-order valence-electron chi connectivity index (χ1n) is 6.01. The highest BCUT2D eigenvalue weighted by Gasteiger charge is 2.00. The van der Waals surface area contributed by atoms with Crippen molar-refractivity contribution >= 4 is 0 Å². The number of nitrogens with two attached hydrogens (primary N) is 1. The average Bonchev–Trinajstić information content (AvgIpc) is 2.14. The number of hydrogen-bond donors (Lipinski definition) is 1. The smallest absolute Gasteiger partial charge is 0.00772 e. The van der Waals surface area contributed by atoms with Crippen LogP contribution in [0.5, 0.6) is 0 Å². The van der Waals surface area contributed by atoms with Crippen LogP contribution in [0.25, 0.3) is 0 Å². The Morgan fingerprint density at radius 3 is 2.15 bits per heavy atom. The molecule has 0 rings (SSSR count). The monoisotopic (exact) mass is 185 g/mol. The van der Waals surface area contributed by atoms with Crippen molar-refractivity contribution in [3.63, 3.8) is 0 Å². The Bertz CT molecular complexity index is 91.1. The molecule has 1 heteroatoms. The van der Waals surface area contributed by atoms with Crippen LogP contribution in [0.15, 0.2) is 0 Å². The van der Waals surface area contributed by atoms with E-state index in [2.05, 4.69) is 13.8 Å². The van der Waals surface area contributed by atoms with Gasteiger partial charge in [-0.3, -0.25) is 0 Å². The Morgan fingerprint density at radius 1 is 0.923 bits per heavy atom. The molecule has 13 heavy (non-hydrogen) atoms. The minimum atomic E-state index is 0.861. The molecule has 80 valence electrons. The van der Waals surface area contributed by atoms with E-state index in [1.807, 2.05) is 0 Å². The van der Waals surface area contributed by atoms with Gasteiger partial charge in [-0.15, -0.1) is 0 Å². The van der Waals surface area contributed by atoms with E-state index in [-0.39, 0.29) is 0 Å². The maximum atomic E-state index is 5.47. The third-order valence-electron chi connectivity index (χ3n) is 2.70. The zero-order valence-electron chi connectivity index (χ0n) is 9.52. The maximum Gasteiger partial charge on any atom is -0.00772 e. The Hall–Kier alpha value is -0.0400. The highest BCUT2D eigenvalue weighted by molar-refractivity contribution is 4.54. The normalized spacial score (nSPS) is 13.2. The first kappa shape index (κ1) is 13.0. The van der Waals surface area contributed by atoms with Crippen molar-refractivity contribution in [2.45, 2.75) is 65.2 Å². The van der Waals surface area contributed by atoms with Gasteiger partial charge in [0, 0.05) is 0 Å². The lowest BCUT2D eigenvalue weighted by Crippen LogP contribution is -2.02. The molecule has 0 fully saturated rings. The van der Waals surface area contributed by atoms with Crippen molar-refractivity contribution in [2.75, 3.05) is 6.54 Å². The Balaban J connectivity index is 3.03. The molecule has 1 unspecified atom stereocenters. The molecule has 2 N–H and O–H groups in total. The average molecular weight is 185 g/mol. The van der Waals surface area contributed by atoms with Crippen LogP contribution in [0.3, 0.4) is 0 Å². The largest absolute Gasteiger partial charge is 0.330 e. The van der Waals surface area contributed by atoms with Gasteiger partial charge in [0.2, 0.25) is 0 Å². The molecule has 0 aromatic carbocycles. The highest BCUT2D eigenvalue weighted by atomic mass is 14.5. The molecule has 0 aliphatic rings. The summed E-state index contributed by atoms with van der Waals surface area (Å²) >= 11 is 0. The molecule has 0 aromatic rings. The summed E-state index contributed by atoms with van der Waals surface area (Å²) in [5.74, 6) is 0.894. The predicted octanol–water partition coefficient (Wildman–Crippen LogP) is 3.72. The maximum absolute atomic E-state index is 5.47. The van der Waals surface area contributed by atoms with E-state index in [0.29, 0.717) is 0 Å². The Morgan fingerprint density at radius 2 is 1.54 bits per heavy atom. The van der Waals surface area contributed by atoms with Gasteiger partial charge in [0.05, 0.1) is 0 Å². The van der Waals surface area contributed by atoms with E-state index < -0.39 is 0 Å². The summed E-state index contributed by atoms with van der Waals surface area (Å²) in [6.07, 6.45) is 11.0. The van der Waals surface area contributed by atoms with E-state index in [1.165, 1.54) is 51.4 Å². The van der Waals surface area contributed by atoms with E-state index >= 15 is 0 Å². The molecule has 0 aromatic heterocycles. The van der Waals surface area contributed by atoms with Crippen LogP contribution in [0, 0.1) is 5.92 Å². The lowest BCUT2D eigenvalue weighted by atomic mass is 9.98. The first-order chi connectivity index (χ1) is 6.31. The predicted molar refractivity (Wildman–Crippen MR) is 60.8 cm³/mol. The second-order valence-corrected chi connectivity index (χ2v) is 4.24. The summed E-state index contributed by atoms with van der Waals surface area (Å²) < 4.78 is 0. The fourth-order valence-electron chi connectivity index (χ4n) is 1.71. The quantitative estimate of drug-likeness (QED) is 0.544. The molecule has 1 atom stereocenters. The molecule has 0 spiro atoms. The summed E-state index contributed by atoms with van der Waals surface area (Å²) in [4.78, 5) is 0. The van der Waals surface area contributed by atoms with E-state index in [4.69, 9.17) is 5.73 Å². The van der Waals surface area contributed by atoms with Crippen molar-refractivity contribution < 1.29 is 0 Å². The lowest BCUT2D eigenvalue weighted by molar-refractivity contribution is 0.448. The number of hydrogen-bond acceptors (Lipinski definition) is 1. The van der Waals surface area contributed by atoms with Crippen LogP contribution in [0.4, 0.5) is 0 Å². The van der Waals surface area contributed by atoms with Gasteiger partial charge in [-0.25, -0.2) is 0 Å². The van der Waals surface area contributed by atoms with Crippen LogP contribution in [-0.2, 0) is 0 Å². The van der Waals surface area contributed by atoms with Crippen molar-refractivity contribution in [3.8, 4) is 0 Å². The van der Waals surface area contributed by atoms with Gasteiger partial charge in [-0.1, -0.05) is 52.4 Å².